The summed E-state index contributed by atoms with van der Waals surface area (Å²) >= 11 is 0. The molecule has 1 aliphatic rings. The van der Waals surface area contributed by atoms with E-state index in [-0.39, 0.29) is 0 Å². The normalized spacial score (nSPS) is 17.9. The lowest BCUT2D eigenvalue weighted by Crippen LogP contribution is -2.42. The molecule has 1 fully saturated rings. The Balaban J connectivity index is 2.40. The van der Waals surface area contributed by atoms with E-state index in [2.05, 4.69) is 26.0 Å². The summed E-state index contributed by atoms with van der Waals surface area (Å²) in [6.45, 7) is 4.19. The number of aliphatic carboxylic acids is 1. The zero-order valence-corrected chi connectivity index (χ0v) is 9.92. The molecule has 1 aliphatic carbocycles. The van der Waals surface area contributed by atoms with Crippen molar-refractivity contribution in [3.05, 3.63) is 34.9 Å². The van der Waals surface area contributed by atoms with Gasteiger partial charge in [0, 0.05) is 0 Å². The molecule has 86 valence electrons. The SMILES string of the molecule is CCc1ccc(C2(C(=O)O)CCC2)cc1C. The van der Waals surface area contributed by atoms with E-state index >= 15 is 0 Å². The van der Waals surface area contributed by atoms with Crippen molar-refractivity contribution >= 4 is 5.97 Å². The number of rotatable bonds is 3. The number of carboxylic acids is 1. The van der Waals surface area contributed by atoms with Gasteiger partial charge in [-0.2, -0.15) is 0 Å². The van der Waals surface area contributed by atoms with E-state index in [4.69, 9.17) is 0 Å². The monoisotopic (exact) mass is 218 g/mol. The maximum absolute atomic E-state index is 11.4. The summed E-state index contributed by atoms with van der Waals surface area (Å²) in [6, 6.07) is 6.14. The topological polar surface area (TPSA) is 37.3 Å². The summed E-state index contributed by atoms with van der Waals surface area (Å²) in [6.07, 6.45) is 3.60. The molecule has 0 amide bonds. The third-order valence-corrected chi connectivity index (χ3v) is 3.89. The van der Waals surface area contributed by atoms with Crippen LogP contribution < -0.4 is 0 Å². The van der Waals surface area contributed by atoms with Crippen molar-refractivity contribution in [2.45, 2.75) is 44.9 Å². The number of aryl methyl sites for hydroxylation is 2. The van der Waals surface area contributed by atoms with Crippen molar-refractivity contribution in [2.75, 3.05) is 0 Å². The van der Waals surface area contributed by atoms with Crippen molar-refractivity contribution in [1.29, 1.82) is 0 Å². The smallest absolute Gasteiger partial charge is 0.314 e. The Kier molecular flexibility index (Phi) is 2.75. The molecule has 0 aliphatic heterocycles. The van der Waals surface area contributed by atoms with Gasteiger partial charge in [-0.15, -0.1) is 0 Å². The summed E-state index contributed by atoms with van der Waals surface area (Å²) in [5, 5.41) is 9.35. The van der Waals surface area contributed by atoms with Gasteiger partial charge in [-0.05, 0) is 42.9 Å². The van der Waals surface area contributed by atoms with Crippen LogP contribution in [-0.2, 0) is 16.6 Å². The molecule has 0 unspecified atom stereocenters. The van der Waals surface area contributed by atoms with Crippen molar-refractivity contribution in [3.8, 4) is 0 Å². The number of hydrogen-bond acceptors (Lipinski definition) is 1. The molecular formula is C14H18O2. The molecule has 1 aromatic carbocycles. The van der Waals surface area contributed by atoms with Gasteiger partial charge in [0.15, 0.2) is 0 Å². The highest BCUT2D eigenvalue weighted by Gasteiger charge is 2.45. The van der Waals surface area contributed by atoms with Gasteiger partial charge >= 0.3 is 5.97 Å². The van der Waals surface area contributed by atoms with Gasteiger partial charge in [0.1, 0.15) is 0 Å². The average Bonchev–Trinajstić information content (AvgIpc) is 2.15. The molecule has 1 aromatic rings. The van der Waals surface area contributed by atoms with Crippen LogP contribution >= 0.6 is 0 Å². The second kappa shape index (κ2) is 3.93. The fourth-order valence-electron chi connectivity index (χ4n) is 2.55. The Labute approximate surface area is 96.3 Å². The standard InChI is InChI=1S/C14H18O2/c1-3-11-5-6-12(9-10(11)2)14(13(15)16)7-4-8-14/h5-6,9H,3-4,7-8H2,1-2H3,(H,15,16). The van der Waals surface area contributed by atoms with Gasteiger partial charge < -0.3 is 5.11 Å². The molecule has 16 heavy (non-hydrogen) atoms. The maximum atomic E-state index is 11.4. The minimum Gasteiger partial charge on any atom is -0.481 e. The highest BCUT2D eigenvalue weighted by molar-refractivity contribution is 5.82. The van der Waals surface area contributed by atoms with Crippen molar-refractivity contribution < 1.29 is 9.90 Å². The summed E-state index contributed by atoms with van der Waals surface area (Å²) in [5.41, 5.74) is 2.92. The zero-order chi connectivity index (χ0) is 11.8. The van der Waals surface area contributed by atoms with Gasteiger partial charge in [-0.1, -0.05) is 31.5 Å². The maximum Gasteiger partial charge on any atom is 0.314 e. The minimum absolute atomic E-state index is 0.586. The Morgan fingerprint density at radius 3 is 2.50 bits per heavy atom. The third kappa shape index (κ3) is 1.53. The van der Waals surface area contributed by atoms with Crippen LogP contribution in [0.15, 0.2) is 18.2 Å². The van der Waals surface area contributed by atoms with Crippen LogP contribution in [0.5, 0.6) is 0 Å². The fraction of sp³-hybridized carbons (Fsp3) is 0.500. The lowest BCUT2D eigenvalue weighted by molar-refractivity contribution is -0.147. The second-order valence-corrected chi connectivity index (χ2v) is 4.74. The summed E-state index contributed by atoms with van der Waals surface area (Å²) in [5.74, 6) is -0.664. The highest BCUT2D eigenvalue weighted by atomic mass is 16.4. The predicted molar refractivity (Wildman–Crippen MR) is 63.7 cm³/mol. The van der Waals surface area contributed by atoms with Gasteiger partial charge in [-0.25, -0.2) is 0 Å². The number of carboxylic acid groups (broad SMARTS) is 1. The highest BCUT2D eigenvalue weighted by Crippen LogP contribution is 2.44. The summed E-state index contributed by atoms with van der Waals surface area (Å²) < 4.78 is 0. The molecular weight excluding hydrogens is 200 g/mol. The van der Waals surface area contributed by atoms with E-state index in [0.717, 1.165) is 31.2 Å². The predicted octanol–water partition coefficient (Wildman–Crippen LogP) is 3.06. The van der Waals surface area contributed by atoms with Crippen LogP contribution in [0.2, 0.25) is 0 Å². The van der Waals surface area contributed by atoms with Crippen LogP contribution in [0.4, 0.5) is 0 Å². The quantitative estimate of drug-likeness (QED) is 0.846. The van der Waals surface area contributed by atoms with Gasteiger partial charge in [-0.3, -0.25) is 4.79 Å². The summed E-state index contributed by atoms with van der Waals surface area (Å²) in [4.78, 5) is 11.4. The van der Waals surface area contributed by atoms with E-state index in [9.17, 15) is 9.90 Å². The molecule has 1 saturated carbocycles. The van der Waals surface area contributed by atoms with Crippen molar-refractivity contribution in [1.82, 2.24) is 0 Å². The molecule has 0 bridgehead atoms. The van der Waals surface area contributed by atoms with E-state index in [1.807, 2.05) is 6.07 Å². The molecule has 2 nitrogen and oxygen atoms in total. The van der Waals surface area contributed by atoms with Crippen LogP contribution in [-0.4, -0.2) is 11.1 Å². The fourth-order valence-corrected chi connectivity index (χ4v) is 2.55. The van der Waals surface area contributed by atoms with Crippen molar-refractivity contribution in [2.24, 2.45) is 0 Å². The summed E-state index contributed by atoms with van der Waals surface area (Å²) in [7, 11) is 0. The Morgan fingerprint density at radius 1 is 1.44 bits per heavy atom. The lowest BCUT2D eigenvalue weighted by atomic mass is 9.64. The zero-order valence-electron chi connectivity index (χ0n) is 9.92. The minimum atomic E-state index is -0.664. The Hall–Kier alpha value is -1.31. The third-order valence-electron chi connectivity index (χ3n) is 3.89. The average molecular weight is 218 g/mol. The van der Waals surface area contributed by atoms with Gasteiger partial charge in [0.05, 0.1) is 5.41 Å². The van der Waals surface area contributed by atoms with E-state index in [1.165, 1.54) is 11.1 Å². The van der Waals surface area contributed by atoms with Gasteiger partial charge in [0.25, 0.3) is 0 Å². The van der Waals surface area contributed by atoms with Crippen molar-refractivity contribution in [3.63, 3.8) is 0 Å². The number of benzene rings is 1. The molecule has 2 heteroatoms. The first kappa shape index (κ1) is 11.2. The number of hydrogen-bond donors (Lipinski definition) is 1. The molecule has 0 heterocycles. The van der Waals surface area contributed by atoms with Crippen LogP contribution in [0.1, 0.15) is 42.9 Å². The Bertz CT molecular complexity index is 417. The first-order valence-electron chi connectivity index (χ1n) is 5.93. The molecule has 0 radical (unpaired) electrons. The molecule has 0 atom stereocenters. The molecule has 1 N–H and O–H groups in total. The molecule has 2 rings (SSSR count). The van der Waals surface area contributed by atoms with Crippen LogP contribution in [0, 0.1) is 6.92 Å². The molecule has 0 saturated heterocycles. The number of carbonyl (C=O) groups is 1. The lowest BCUT2D eigenvalue weighted by Gasteiger charge is -2.38. The largest absolute Gasteiger partial charge is 0.481 e. The molecule has 0 aromatic heterocycles. The van der Waals surface area contributed by atoms with E-state index in [0.29, 0.717) is 0 Å². The van der Waals surface area contributed by atoms with Crippen LogP contribution in [0.25, 0.3) is 0 Å². The first-order valence-corrected chi connectivity index (χ1v) is 5.93. The second-order valence-electron chi connectivity index (χ2n) is 4.74. The van der Waals surface area contributed by atoms with Crippen LogP contribution in [0.3, 0.4) is 0 Å². The molecule has 0 spiro atoms. The first-order chi connectivity index (χ1) is 7.60. The van der Waals surface area contributed by atoms with Gasteiger partial charge in [0.2, 0.25) is 0 Å². The Morgan fingerprint density at radius 2 is 2.12 bits per heavy atom. The van der Waals surface area contributed by atoms with E-state index < -0.39 is 11.4 Å². The van der Waals surface area contributed by atoms with E-state index in [1.54, 1.807) is 0 Å².